The highest BCUT2D eigenvalue weighted by Crippen LogP contribution is 2.31. The predicted octanol–water partition coefficient (Wildman–Crippen LogP) is -0.0406. The number of rotatable bonds is 7. The number of para-hydroxylation sites is 1. The highest BCUT2D eigenvalue weighted by Gasteiger charge is 2.28. The van der Waals surface area contributed by atoms with Crippen LogP contribution in [-0.4, -0.2) is 47.4 Å². The molecule has 0 aliphatic rings. The van der Waals surface area contributed by atoms with E-state index in [-0.39, 0.29) is 12.2 Å². The molecule has 2 N–H and O–H groups in total. The normalized spacial score (nSPS) is 12.1. The van der Waals surface area contributed by atoms with Crippen LogP contribution in [0.4, 0.5) is 11.4 Å². The van der Waals surface area contributed by atoms with Gasteiger partial charge in [0.15, 0.2) is 4.90 Å². The number of sulfonamides is 1. The second kappa shape index (κ2) is 6.37. The van der Waals surface area contributed by atoms with Gasteiger partial charge in [0.1, 0.15) is 15.5 Å². The lowest BCUT2D eigenvalue weighted by atomic mass is 10.3. The molecular weight excluding hydrogens is 322 g/mol. The van der Waals surface area contributed by atoms with Crippen molar-refractivity contribution >= 4 is 31.2 Å². The minimum atomic E-state index is -4.19. The first-order valence-corrected chi connectivity index (χ1v) is 9.25. The third-order valence-electron chi connectivity index (χ3n) is 2.51. The molecule has 1 aromatic carbocycles. The summed E-state index contributed by atoms with van der Waals surface area (Å²) in [5.74, 6) is -0.397. The van der Waals surface area contributed by atoms with Crippen LogP contribution in [0.25, 0.3) is 0 Å². The quantitative estimate of drug-likeness (QED) is 0.526. The van der Waals surface area contributed by atoms with Gasteiger partial charge in [0, 0.05) is 19.8 Å². The molecule has 0 unspecified atom stereocenters. The highest BCUT2D eigenvalue weighted by atomic mass is 32.2. The molecule has 1 aromatic rings. The van der Waals surface area contributed by atoms with Gasteiger partial charge in [-0.2, -0.15) is 0 Å². The first-order chi connectivity index (χ1) is 9.58. The van der Waals surface area contributed by atoms with Gasteiger partial charge in [0.2, 0.25) is 10.0 Å². The fraction of sp³-hybridized carbons (Fsp3) is 0.400. The van der Waals surface area contributed by atoms with E-state index in [0.29, 0.717) is 0 Å². The topological polar surface area (TPSA) is 135 Å². The molecule has 0 aliphatic heterocycles. The number of anilines is 1. The van der Waals surface area contributed by atoms with Crippen molar-refractivity contribution in [3.63, 3.8) is 0 Å². The Hall–Kier alpha value is -1.72. The van der Waals surface area contributed by atoms with E-state index >= 15 is 0 Å². The summed E-state index contributed by atoms with van der Waals surface area (Å²) in [6, 6.07) is 3.80. The second-order valence-electron chi connectivity index (χ2n) is 4.19. The average Bonchev–Trinajstić information content (AvgIpc) is 2.35. The maximum atomic E-state index is 12.1. The number of nitrogens with one attached hydrogen (secondary N) is 2. The first-order valence-electron chi connectivity index (χ1n) is 5.71. The van der Waals surface area contributed by atoms with E-state index < -0.39 is 41.1 Å². The molecule has 21 heavy (non-hydrogen) atoms. The fourth-order valence-corrected chi connectivity index (χ4v) is 3.39. The van der Waals surface area contributed by atoms with E-state index in [1.54, 1.807) is 0 Å². The summed E-state index contributed by atoms with van der Waals surface area (Å²) in [4.78, 5) is 9.73. The SMILES string of the molecule is CNc1cccc(S(=O)(=O)NCCS(C)(=O)=O)c1[N+](=O)[O-]. The van der Waals surface area contributed by atoms with Crippen LogP contribution in [0.1, 0.15) is 0 Å². The van der Waals surface area contributed by atoms with Gasteiger partial charge >= 0.3 is 5.69 Å². The number of nitro benzene ring substituents is 1. The summed E-state index contributed by atoms with van der Waals surface area (Å²) in [5, 5.41) is 13.6. The maximum absolute atomic E-state index is 12.1. The standard InChI is InChI=1S/C10H15N3O6S2/c1-11-8-4-3-5-9(10(8)13(14)15)21(18,19)12-6-7-20(2,16)17/h3-5,11-12H,6-7H2,1-2H3. The minimum Gasteiger partial charge on any atom is -0.383 e. The molecule has 9 nitrogen and oxygen atoms in total. The minimum absolute atomic E-state index is 0.0472. The van der Waals surface area contributed by atoms with Crippen LogP contribution in [0, 0.1) is 10.1 Å². The summed E-state index contributed by atoms with van der Waals surface area (Å²) in [6.07, 6.45) is 0.964. The van der Waals surface area contributed by atoms with Crippen LogP contribution in [0.3, 0.4) is 0 Å². The Kier molecular flexibility index (Phi) is 5.25. The fourth-order valence-electron chi connectivity index (χ4n) is 1.57. The molecule has 0 aliphatic carbocycles. The number of nitro groups is 1. The Balaban J connectivity index is 3.17. The third-order valence-corrected chi connectivity index (χ3v) is 4.94. The number of nitrogens with zero attached hydrogens (tertiary/aromatic N) is 1. The van der Waals surface area contributed by atoms with Gasteiger partial charge in [0.25, 0.3) is 0 Å². The van der Waals surface area contributed by atoms with E-state index in [1.807, 2.05) is 4.72 Å². The lowest BCUT2D eigenvalue weighted by Gasteiger charge is -2.09. The van der Waals surface area contributed by atoms with Gasteiger partial charge in [-0.25, -0.2) is 21.6 Å². The lowest BCUT2D eigenvalue weighted by Crippen LogP contribution is -2.29. The van der Waals surface area contributed by atoms with Crippen molar-refractivity contribution in [1.82, 2.24) is 4.72 Å². The first kappa shape index (κ1) is 17.3. The lowest BCUT2D eigenvalue weighted by molar-refractivity contribution is -0.386. The van der Waals surface area contributed by atoms with Crippen molar-refractivity contribution in [2.24, 2.45) is 0 Å². The van der Waals surface area contributed by atoms with Gasteiger partial charge in [0.05, 0.1) is 10.7 Å². The maximum Gasteiger partial charge on any atom is 0.312 e. The van der Waals surface area contributed by atoms with Crippen LogP contribution < -0.4 is 10.0 Å². The molecule has 11 heteroatoms. The van der Waals surface area contributed by atoms with Crippen molar-refractivity contribution in [3.05, 3.63) is 28.3 Å². The largest absolute Gasteiger partial charge is 0.383 e. The van der Waals surface area contributed by atoms with Crippen molar-refractivity contribution in [1.29, 1.82) is 0 Å². The molecule has 0 aromatic heterocycles. The summed E-state index contributed by atoms with van der Waals surface area (Å²) in [6.45, 7) is -0.359. The Morgan fingerprint density at radius 1 is 1.24 bits per heavy atom. The Bertz CT molecular complexity index is 742. The van der Waals surface area contributed by atoms with Crippen molar-refractivity contribution in [2.75, 3.05) is 30.9 Å². The summed E-state index contributed by atoms with van der Waals surface area (Å²) in [7, 11) is -6.10. The van der Waals surface area contributed by atoms with E-state index in [0.717, 1.165) is 12.3 Å². The van der Waals surface area contributed by atoms with Crippen LogP contribution >= 0.6 is 0 Å². The molecule has 0 saturated heterocycles. The van der Waals surface area contributed by atoms with Gasteiger partial charge in [-0.05, 0) is 12.1 Å². The van der Waals surface area contributed by atoms with Crippen LogP contribution in [-0.2, 0) is 19.9 Å². The molecule has 118 valence electrons. The number of sulfone groups is 1. The van der Waals surface area contributed by atoms with Gasteiger partial charge in [-0.15, -0.1) is 0 Å². The third kappa shape index (κ3) is 4.65. The molecule has 0 amide bonds. The molecule has 0 atom stereocenters. The number of hydrogen-bond acceptors (Lipinski definition) is 7. The molecule has 0 bridgehead atoms. The summed E-state index contributed by atoms with van der Waals surface area (Å²) < 4.78 is 48.1. The molecule has 0 radical (unpaired) electrons. The van der Waals surface area contributed by atoms with E-state index in [1.165, 1.54) is 19.2 Å². The number of hydrogen-bond donors (Lipinski definition) is 2. The van der Waals surface area contributed by atoms with E-state index in [4.69, 9.17) is 0 Å². The Morgan fingerprint density at radius 2 is 1.86 bits per heavy atom. The second-order valence-corrected chi connectivity index (χ2v) is 8.18. The van der Waals surface area contributed by atoms with Crippen LogP contribution in [0.15, 0.2) is 23.1 Å². The van der Waals surface area contributed by atoms with Crippen molar-refractivity contribution in [3.8, 4) is 0 Å². The summed E-state index contributed by atoms with van der Waals surface area (Å²) in [5.41, 5.74) is -0.544. The van der Waals surface area contributed by atoms with Gasteiger partial charge in [-0.1, -0.05) is 6.07 Å². The van der Waals surface area contributed by atoms with E-state index in [9.17, 15) is 26.9 Å². The van der Waals surface area contributed by atoms with Crippen molar-refractivity contribution in [2.45, 2.75) is 4.90 Å². The number of benzene rings is 1. The molecule has 0 saturated carbocycles. The average molecular weight is 337 g/mol. The van der Waals surface area contributed by atoms with E-state index in [2.05, 4.69) is 5.32 Å². The zero-order valence-electron chi connectivity index (χ0n) is 11.4. The molecule has 0 fully saturated rings. The highest BCUT2D eigenvalue weighted by molar-refractivity contribution is 7.91. The Morgan fingerprint density at radius 3 is 2.33 bits per heavy atom. The Labute approximate surface area is 122 Å². The van der Waals surface area contributed by atoms with Crippen LogP contribution in [0.5, 0.6) is 0 Å². The smallest absolute Gasteiger partial charge is 0.312 e. The van der Waals surface area contributed by atoms with Crippen LogP contribution in [0.2, 0.25) is 0 Å². The molecule has 1 rings (SSSR count). The van der Waals surface area contributed by atoms with Gasteiger partial charge in [-0.3, -0.25) is 10.1 Å². The van der Waals surface area contributed by atoms with Crippen molar-refractivity contribution < 1.29 is 21.8 Å². The predicted molar refractivity (Wildman–Crippen MR) is 77.5 cm³/mol. The molecular formula is C10H15N3O6S2. The van der Waals surface area contributed by atoms with Gasteiger partial charge < -0.3 is 5.32 Å². The molecule has 0 spiro atoms. The monoisotopic (exact) mass is 337 g/mol. The molecule has 0 heterocycles. The summed E-state index contributed by atoms with van der Waals surface area (Å²) >= 11 is 0. The zero-order chi connectivity index (χ0) is 16.3. The zero-order valence-corrected chi connectivity index (χ0v) is 13.0.